The van der Waals surface area contributed by atoms with Crippen LogP contribution in [0.2, 0.25) is 0 Å². The summed E-state index contributed by atoms with van der Waals surface area (Å²) >= 11 is 2.69. The maximum Gasteiger partial charge on any atom is 0.303 e. The number of carboxylic acid groups (broad SMARTS) is 1. The Morgan fingerprint density at radius 3 is 2.18 bits per heavy atom. The highest BCUT2D eigenvalue weighted by Gasteiger charge is 2.18. The molecule has 0 aliphatic heterocycles. The third kappa shape index (κ3) is 7.01. The van der Waals surface area contributed by atoms with Gasteiger partial charge in [-0.3, -0.25) is 19.2 Å². The number of ether oxygens (including phenoxy) is 3. The van der Waals surface area contributed by atoms with Crippen LogP contribution in [0.5, 0.6) is 17.2 Å². The van der Waals surface area contributed by atoms with Gasteiger partial charge in [-0.1, -0.05) is 6.92 Å². The van der Waals surface area contributed by atoms with Crippen LogP contribution in [0.15, 0.2) is 42.5 Å². The first-order valence-corrected chi connectivity index (χ1v) is 14.0. The quantitative estimate of drug-likeness (QED) is 0.137. The first-order chi connectivity index (χ1) is 18.6. The number of fused-ring (bicyclic) bond motifs is 2. The third-order valence-electron chi connectivity index (χ3n) is 6.20. The predicted octanol–water partition coefficient (Wildman–Crippen LogP) is 6.43. The molecule has 0 saturated heterocycles. The van der Waals surface area contributed by atoms with Gasteiger partial charge < -0.3 is 19.3 Å². The van der Waals surface area contributed by atoms with Gasteiger partial charge in [-0.2, -0.15) is 0 Å². The summed E-state index contributed by atoms with van der Waals surface area (Å²) in [5.41, 5.74) is 0. The van der Waals surface area contributed by atoms with Gasteiger partial charge in [0.1, 0.15) is 24.7 Å². The number of ketones is 3. The van der Waals surface area contributed by atoms with Gasteiger partial charge in [-0.05, 0) is 54.1 Å². The lowest BCUT2D eigenvalue weighted by Crippen LogP contribution is -2.11. The first kappa shape index (κ1) is 28.3. The van der Waals surface area contributed by atoms with E-state index in [0.29, 0.717) is 27.0 Å². The first-order valence-electron chi connectivity index (χ1n) is 12.3. The molecule has 2 heterocycles. The van der Waals surface area contributed by atoms with E-state index >= 15 is 0 Å². The number of thiophene rings is 2. The lowest BCUT2D eigenvalue weighted by molar-refractivity contribution is -0.137. The fourth-order valence-electron chi connectivity index (χ4n) is 3.88. The van der Waals surface area contributed by atoms with Crippen LogP contribution in [0.4, 0.5) is 0 Å². The zero-order valence-electron chi connectivity index (χ0n) is 21.8. The molecule has 2 aromatic heterocycles. The highest BCUT2D eigenvalue weighted by Crippen LogP contribution is 2.37. The molecule has 0 saturated carbocycles. The summed E-state index contributed by atoms with van der Waals surface area (Å²) in [6.45, 7) is 3.76. The SMILES string of the molecule is COc1cc2cc(C(=O)C[C@H](C)C(C)=O)sc2cc1OCCOc1ccc2sc(C(=O)CCC(=O)O)cc2c1. The normalized spacial score (nSPS) is 11.9. The van der Waals surface area contributed by atoms with E-state index in [1.54, 1.807) is 20.1 Å². The van der Waals surface area contributed by atoms with Crippen molar-refractivity contribution >= 4 is 66.2 Å². The molecule has 1 N–H and O–H groups in total. The minimum Gasteiger partial charge on any atom is -0.493 e. The number of hydrogen-bond acceptors (Lipinski definition) is 9. The van der Waals surface area contributed by atoms with Crippen molar-refractivity contribution in [2.24, 2.45) is 5.92 Å². The predicted molar refractivity (Wildman–Crippen MR) is 151 cm³/mol. The number of benzene rings is 2. The molecule has 39 heavy (non-hydrogen) atoms. The maximum atomic E-state index is 12.6. The molecule has 4 rings (SSSR count). The van der Waals surface area contributed by atoms with Crippen molar-refractivity contribution < 1.29 is 38.5 Å². The van der Waals surface area contributed by atoms with Gasteiger partial charge in [0.15, 0.2) is 23.1 Å². The summed E-state index contributed by atoms with van der Waals surface area (Å²) in [4.78, 5) is 48.3. The van der Waals surface area contributed by atoms with Crippen molar-refractivity contribution in [1.29, 1.82) is 0 Å². The van der Waals surface area contributed by atoms with Crippen LogP contribution in [-0.2, 0) is 9.59 Å². The Morgan fingerprint density at radius 2 is 1.49 bits per heavy atom. The Labute approximate surface area is 233 Å². The molecule has 0 spiro atoms. The Hall–Kier alpha value is -3.76. The number of aliphatic carboxylic acids is 1. The molecule has 0 fully saturated rings. The monoisotopic (exact) mass is 568 g/mol. The number of methoxy groups -OCH3 is 1. The molecule has 2 aromatic carbocycles. The number of carbonyl (C=O) groups excluding carboxylic acids is 3. The summed E-state index contributed by atoms with van der Waals surface area (Å²) in [5.74, 6) is 0.127. The molecule has 0 radical (unpaired) electrons. The number of hydrogen-bond donors (Lipinski definition) is 1. The van der Waals surface area contributed by atoms with E-state index < -0.39 is 5.97 Å². The second kappa shape index (κ2) is 12.4. The molecule has 204 valence electrons. The zero-order valence-corrected chi connectivity index (χ0v) is 23.4. The molecule has 0 unspecified atom stereocenters. The van der Waals surface area contributed by atoms with Gasteiger partial charge in [-0.15, -0.1) is 22.7 Å². The van der Waals surface area contributed by atoms with Gasteiger partial charge in [0.05, 0.1) is 23.3 Å². The standard InChI is InChI=1S/C29H28O8S2/c1-16(17(2)30)10-22(32)28-14-19-12-23(35-3)24(15-26(19)39-28)37-9-8-36-20-4-6-25-18(11-20)13-27(38-25)21(31)5-7-29(33)34/h4,6,11-16H,5,7-10H2,1-3H3,(H,33,34)/t16-/m0/s1. The van der Waals surface area contributed by atoms with Crippen LogP contribution in [0, 0.1) is 5.92 Å². The number of carboxylic acids is 1. The molecule has 0 aliphatic carbocycles. The molecule has 0 amide bonds. The van der Waals surface area contributed by atoms with E-state index in [9.17, 15) is 19.2 Å². The van der Waals surface area contributed by atoms with Crippen LogP contribution >= 0.6 is 22.7 Å². The van der Waals surface area contributed by atoms with Crippen molar-refractivity contribution in [2.75, 3.05) is 20.3 Å². The second-order valence-electron chi connectivity index (χ2n) is 9.11. The average molecular weight is 569 g/mol. The number of carbonyl (C=O) groups is 4. The average Bonchev–Trinajstić information content (AvgIpc) is 3.52. The Bertz CT molecular complexity index is 1550. The summed E-state index contributed by atoms with van der Waals surface area (Å²) in [6.07, 6.45) is -0.0366. The minimum absolute atomic E-state index is 0.00730. The van der Waals surface area contributed by atoms with Gasteiger partial charge in [0.25, 0.3) is 0 Å². The lowest BCUT2D eigenvalue weighted by Gasteiger charge is -2.12. The van der Waals surface area contributed by atoms with E-state index in [1.807, 2.05) is 36.4 Å². The number of rotatable bonds is 14. The van der Waals surface area contributed by atoms with Gasteiger partial charge in [0, 0.05) is 34.2 Å². The molecule has 8 nitrogen and oxygen atoms in total. The smallest absolute Gasteiger partial charge is 0.303 e. The van der Waals surface area contributed by atoms with Crippen molar-refractivity contribution in [1.82, 2.24) is 0 Å². The Kier molecular flexibility index (Phi) is 8.98. The van der Waals surface area contributed by atoms with Crippen molar-refractivity contribution in [3.63, 3.8) is 0 Å². The zero-order chi connectivity index (χ0) is 28.1. The van der Waals surface area contributed by atoms with Crippen molar-refractivity contribution in [3.8, 4) is 17.2 Å². The Balaban J connectivity index is 1.37. The van der Waals surface area contributed by atoms with Crippen LogP contribution in [-0.4, -0.2) is 48.7 Å². The third-order valence-corrected chi connectivity index (χ3v) is 8.50. The molecule has 0 bridgehead atoms. The van der Waals surface area contributed by atoms with Crippen LogP contribution in [0.25, 0.3) is 20.2 Å². The fourth-order valence-corrected chi connectivity index (χ4v) is 5.92. The van der Waals surface area contributed by atoms with Crippen molar-refractivity contribution in [3.05, 3.63) is 52.2 Å². The fraction of sp³-hybridized carbons (Fsp3) is 0.310. The van der Waals surface area contributed by atoms with Crippen molar-refractivity contribution in [2.45, 2.75) is 33.1 Å². The van der Waals surface area contributed by atoms with Crippen LogP contribution in [0.3, 0.4) is 0 Å². The molecule has 0 aliphatic rings. The van der Waals surface area contributed by atoms with Gasteiger partial charge in [-0.25, -0.2) is 0 Å². The van der Waals surface area contributed by atoms with E-state index in [0.717, 1.165) is 20.2 Å². The van der Waals surface area contributed by atoms with Crippen LogP contribution in [0.1, 0.15) is 52.5 Å². The van der Waals surface area contributed by atoms with Crippen LogP contribution < -0.4 is 14.2 Å². The molecule has 4 aromatic rings. The summed E-state index contributed by atoms with van der Waals surface area (Å²) in [6, 6.07) is 12.8. The molecule has 1 atom stereocenters. The largest absolute Gasteiger partial charge is 0.493 e. The highest BCUT2D eigenvalue weighted by molar-refractivity contribution is 7.21. The molecular weight excluding hydrogens is 540 g/mol. The lowest BCUT2D eigenvalue weighted by atomic mass is 10.0. The number of Topliss-reactive ketones (excluding diaryl/α,β-unsaturated/α-hetero) is 3. The van der Waals surface area contributed by atoms with E-state index in [-0.39, 0.29) is 55.7 Å². The summed E-state index contributed by atoms with van der Waals surface area (Å²) in [5, 5.41) is 10.5. The topological polar surface area (TPSA) is 116 Å². The Morgan fingerprint density at radius 1 is 0.821 bits per heavy atom. The molecular formula is C29H28O8S2. The summed E-state index contributed by atoms with van der Waals surface area (Å²) in [7, 11) is 1.55. The summed E-state index contributed by atoms with van der Waals surface area (Å²) < 4.78 is 19.1. The highest BCUT2D eigenvalue weighted by atomic mass is 32.1. The molecule has 10 heteroatoms. The maximum absolute atomic E-state index is 12.6. The minimum atomic E-state index is -0.994. The van der Waals surface area contributed by atoms with E-state index in [2.05, 4.69) is 0 Å². The van der Waals surface area contributed by atoms with Gasteiger partial charge >= 0.3 is 5.97 Å². The van der Waals surface area contributed by atoms with Gasteiger partial charge in [0.2, 0.25) is 0 Å². The van der Waals surface area contributed by atoms with E-state index in [1.165, 1.54) is 29.6 Å². The van der Waals surface area contributed by atoms with E-state index in [4.69, 9.17) is 19.3 Å². The second-order valence-corrected chi connectivity index (χ2v) is 11.3.